The van der Waals surface area contributed by atoms with Crippen molar-refractivity contribution in [2.45, 2.75) is 13.2 Å². The number of nitrogens with one attached hydrogen (secondary N) is 1. The van der Waals surface area contributed by atoms with E-state index in [-0.39, 0.29) is 12.5 Å². The molecule has 3 heterocycles. The Morgan fingerprint density at radius 1 is 1.03 bits per heavy atom. The first-order valence-corrected chi connectivity index (χ1v) is 9.58. The first-order chi connectivity index (χ1) is 15.3. The number of ether oxygens (including phenoxy) is 1. The maximum absolute atomic E-state index is 12.1. The van der Waals surface area contributed by atoms with E-state index >= 15 is 0 Å². The zero-order valence-electron chi connectivity index (χ0n) is 16.5. The van der Waals surface area contributed by atoms with Crippen LogP contribution in [-0.2, 0) is 17.9 Å². The Balaban J connectivity index is 1.25. The first-order valence-electron chi connectivity index (χ1n) is 9.58. The van der Waals surface area contributed by atoms with Gasteiger partial charge < -0.3 is 14.6 Å². The van der Waals surface area contributed by atoms with Gasteiger partial charge in [0.2, 0.25) is 17.6 Å². The van der Waals surface area contributed by atoms with Gasteiger partial charge in [-0.15, -0.1) is 0 Å². The molecule has 4 rings (SSSR count). The predicted octanol–water partition coefficient (Wildman–Crippen LogP) is 3.44. The van der Waals surface area contributed by atoms with E-state index in [4.69, 9.17) is 9.26 Å². The second-order valence-corrected chi connectivity index (χ2v) is 6.48. The van der Waals surface area contributed by atoms with Crippen molar-refractivity contribution in [3.63, 3.8) is 0 Å². The minimum absolute atomic E-state index is 0.140. The maximum Gasteiger partial charge on any atom is 0.246 e. The first kappa shape index (κ1) is 20.0. The third kappa shape index (κ3) is 5.83. The molecule has 8 heteroatoms. The summed E-state index contributed by atoms with van der Waals surface area (Å²) in [6.45, 7) is 0.540. The molecule has 0 aliphatic heterocycles. The zero-order chi connectivity index (χ0) is 21.3. The summed E-state index contributed by atoms with van der Waals surface area (Å²) in [5, 5.41) is 6.62. The molecule has 0 unspecified atom stereocenters. The van der Waals surface area contributed by atoms with Crippen LogP contribution in [0.3, 0.4) is 0 Å². The van der Waals surface area contributed by atoms with Gasteiger partial charge in [-0.1, -0.05) is 23.4 Å². The van der Waals surface area contributed by atoms with Gasteiger partial charge in [-0.3, -0.25) is 14.8 Å². The van der Waals surface area contributed by atoms with Crippen LogP contribution in [0.5, 0.6) is 5.75 Å². The van der Waals surface area contributed by atoms with Crippen molar-refractivity contribution in [3.05, 3.63) is 96.4 Å². The van der Waals surface area contributed by atoms with Gasteiger partial charge in [0.1, 0.15) is 12.4 Å². The third-order valence-electron chi connectivity index (χ3n) is 4.24. The Morgan fingerprint density at radius 3 is 2.65 bits per heavy atom. The third-order valence-corrected chi connectivity index (χ3v) is 4.24. The maximum atomic E-state index is 12.1. The fourth-order valence-corrected chi connectivity index (χ4v) is 2.65. The number of pyridine rings is 2. The van der Waals surface area contributed by atoms with Crippen molar-refractivity contribution in [2.24, 2.45) is 0 Å². The standard InChI is InChI=1S/C23H19N5O3/c29-21(26-15-22-27-23(28-31-22)18-10-13-24-14-11-18)9-6-17-4-7-20(8-5-17)30-16-19-3-1-2-12-25-19/h1-14H,15-16H2,(H,26,29)/b9-6+. The monoisotopic (exact) mass is 413 g/mol. The number of carbonyl (C=O) groups excluding carboxylic acids is 1. The Morgan fingerprint density at radius 2 is 1.87 bits per heavy atom. The molecule has 0 aliphatic rings. The highest BCUT2D eigenvalue weighted by molar-refractivity contribution is 5.91. The van der Waals surface area contributed by atoms with E-state index in [9.17, 15) is 4.79 Å². The van der Waals surface area contributed by atoms with E-state index in [1.54, 1.807) is 36.8 Å². The summed E-state index contributed by atoms with van der Waals surface area (Å²) in [6, 6.07) is 16.7. The van der Waals surface area contributed by atoms with Gasteiger partial charge >= 0.3 is 0 Å². The minimum atomic E-state index is -0.265. The lowest BCUT2D eigenvalue weighted by molar-refractivity contribution is -0.116. The van der Waals surface area contributed by atoms with E-state index in [0.29, 0.717) is 18.3 Å². The van der Waals surface area contributed by atoms with Crippen molar-refractivity contribution in [2.75, 3.05) is 0 Å². The average molecular weight is 413 g/mol. The largest absolute Gasteiger partial charge is 0.487 e. The molecule has 0 aliphatic carbocycles. The number of amides is 1. The van der Waals surface area contributed by atoms with Crippen LogP contribution in [0.1, 0.15) is 17.1 Å². The zero-order valence-corrected chi connectivity index (χ0v) is 16.5. The van der Waals surface area contributed by atoms with Crippen LogP contribution in [0.25, 0.3) is 17.5 Å². The lowest BCUT2D eigenvalue weighted by Gasteiger charge is -2.05. The van der Waals surface area contributed by atoms with Crippen LogP contribution < -0.4 is 10.1 Å². The van der Waals surface area contributed by atoms with Crippen molar-refractivity contribution in [1.82, 2.24) is 25.4 Å². The number of nitrogens with zero attached hydrogens (tertiary/aromatic N) is 4. The molecule has 1 N–H and O–H groups in total. The highest BCUT2D eigenvalue weighted by Crippen LogP contribution is 2.15. The van der Waals surface area contributed by atoms with Crippen LogP contribution >= 0.6 is 0 Å². The summed E-state index contributed by atoms with van der Waals surface area (Å²) >= 11 is 0. The number of hydrogen-bond donors (Lipinski definition) is 1. The molecular formula is C23H19N5O3. The molecule has 0 radical (unpaired) electrons. The van der Waals surface area contributed by atoms with Gasteiger partial charge in [-0.05, 0) is 48.0 Å². The topological polar surface area (TPSA) is 103 Å². The molecule has 31 heavy (non-hydrogen) atoms. The lowest BCUT2D eigenvalue weighted by atomic mass is 10.2. The molecule has 0 bridgehead atoms. The van der Waals surface area contributed by atoms with Crippen LogP contribution in [0.4, 0.5) is 0 Å². The average Bonchev–Trinajstić information content (AvgIpc) is 3.31. The molecular weight excluding hydrogens is 394 g/mol. The van der Waals surface area contributed by atoms with Gasteiger partial charge in [0.15, 0.2) is 0 Å². The summed E-state index contributed by atoms with van der Waals surface area (Å²) in [7, 11) is 0. The van der Waals surface area contributed by atoms with Gasteiger partial charge in [0.05, 0.1) is 12.2 Å². The van der Waals surface area contributed by atoms with Gasteiger partial charge in [0, 0.05) is 30.2 Å². The fraction of sp³-hybridized carbons (Fsp3) is 0.0870. The second-order valence-electron chi connectivity index (χ2n) is 6.48. The molecule has 8 nitrogen and oxygen atoms in total. The molecule has 0 spiro atoms. The highest BCUT2D eigenvalue weighted by atomic mass is 16.5. The Bertz CT molecular complexity index is 1140. The molecule has 154 valence electrons. The number of rotatable bonds is 8. The minimum Gasteiger partial charge on any atom is -0.487 e. The summed E-state index contributed by atoms with van der Waals surface area (Å²) < 4.78 is 10.9. The Labute approximate surface area is 178 Å². The second kappa shape index (κ2) is 9.93. The number of carbonyl (C=O) groups is 1. The lowest BCUT2D eigenvalue weighted by Crippen LogP contribution is -2.20. The Hall–Kier alpha value is -4.33. The van der Waals surface area contributed by atoms with Crippen LogP contribution in [0.15, 0.2) is 83.8 Å². The SMILES string of the molecule is O=C(/C=C/c1ccc(OCc2ccccn2)cc1)NCc1nc(-c2ccncc2)no1. The van der Waals surface area contributed by atoms with Crippen molar-refractivity contribution in [3.8, 4) is 17.1 Å². The molecule has 4 aromatic rings. The van der Waals surface area contributed by atoms with E-state index in [0.717, 1.165) is 22.6 Å². The van der Waals surface area contributed by atoms with Crippen molar-refractivity contribution < 1.29 is 14.1 Å². The summed E-state index contributed by atoms with van der Waals surface area (Å²) in [4.78, 5) is 24.5. The smallest absolute Gasteiger partial charge is 0.246 e. The van der Waals surface area contributed by atoms with Crippen LogP contribution in [-0.4, -0.2) is 26.0 Å². The van der Waals surface area contributed by atoms with Crippen LogP contribution in [0.2, 0.25) is 0 Å². The summed E-state index contributed by atoms with van der Waals surface area (Å²) in [6.07, 6.45) is 8.20. The predicted molar refractivity (Wildman–Crippen MR) is 113 cm³/mol. The van der Waals surface area contributed by atoms with Gasteiger partial charge in [0.25, 0.3) is 0 Å². The van der Waals surface area contributed by atoms with Crippen LogP contribution in [0, 0.1) is 0 Å². The molecule has 0 atom stereocenters. The normalized spacial score (nSPS) is 10.8. The summed E-state index contributed by atoms with van der Waals surface area (Å²) in [5.41, 5.74) is 2.53. The Kier molecular flexibility index (Phi) is 6.39. The quantitative estimate of drug-likeness (QED) is 0.441. The molecule has 0 fully saturated rings. The van der Waals surface area contributed by atoms with E-state index < -0.39 is 0 Å². The van der Waals surface area contributed by atoms with Gasteiger partial charge in [-0.25, -0.2) is 0 Å². The van der Waals surface area contributed by atoms with E-state index in [1.807, 2.05) is 42.5 Å². The molecule has 0 saturated heterocycles. The van der Waals surface area contributed by atoms with Gasteiger partial charge in [-0.2, -0.15) is 4.98 Å². The van der Waals surface area contributed by atoms with Crippen molar-refractivity contribution >= 4 is 12.0 Å². The van der Waals surface area contributed by atoms with E-state index in [1.165, 1.54) is 6.08 Å². The molecule has 3 aromatic heterocycles. The molecule has 1 aromatic carbocycles. The number of hydrogen-bond acceptors (Lipinski definition) is 7. The fourth-order valence-electron chi connectivity index (χ4n) is 2.65. The summed E-state index contributed by atoms with van der Waals surface area (Å²) in [5.74, 6) is 1.24. The molecule has 0 saturated carbocycles. The van der Waals surface area contributed by atoms with Crippen molar-refractivity contribution in [1.29, 1.82) is 0 Å². The van der Waals surface area contributed by atoms with E-state index in [2.05, 4.69) is 25.4 Å². The number of benzene rings is 1. The number of aromatic nitrogens is 4. The molecule has 1 amide bonds. The highest BCUT2D eigenvalue weighted by Gasteiger charge is 2.08.